The van der Waals surface area contributed by atoms with Gasteiger partial charge in [0, 0.05) is 20.1 Å². The lowest BCUT2D eigenvalue weighted by Gasteiger charge is -2.29. The molecule has 0 aromatic carbocycles. The van der Waals surface area contributed by atoms with Gasteiger partial charge in [0.15, 0.2) is 0 Å². The Kier molecular flexibility index (Phi) is 4.44. The monoisotopic (exact) mass is 322 g/mol. The van der Waals surface area contributed by atoms with E-state index in [1.165, 1.54) is 4.68 Å². The molecule has 2 rings (SSSR count). The minimum Gasteiger partial charge on any atom is -0.444 e. The summed E-state index contributed by atoms with van der Waals surface area (Å²) in [6.07, 6.45) is 1.99. The Balaban J connectivity index is 2.20. The minimum atomic E-state index is -0.543. The van der Waals surface area contributed by atoms with E-state index >= 15 is 0 Å². The van der Waals surface area contributed by atoms with Crippen LogP contribution >= 0.6 is 0 Å². The Bertz CT molecular complexity index is 670. The molecule has 0 aliphatic carbocycles. The lowest BCUT2D eigenvalue weighted by Crippen LogP contribution is -2.39. The number of rotatable bonds is 2. The summed E-state index contributed by atoms with van der Waals surface area (Å²) in [6.45, 7) is 7.90. The summed E-state index contributed by atoms with van der Waals surface area (Å²) in [6, 6.07) is 0. The maximum atomic E-state index is 12.1. The Morgan fingerprint density at radius 1 is 1.43 bits per heavy atom. The van der Waals surface area contributed by atoms with E-state index in [1.54, 1.807) is 18.9 Å². The molecule has 1 aliphatic rings. The Morgan fingerprint density at radius 2 is 2.09 bits per heavy atom. The first kappa shape index (κ1) is 17.0. The summed E-state index contributed by atoms with van der Waals surface area (Å²) in [5.41, 5.74) is 1.22. The third kappa shape index (κ3) is 3.69. The van der Waals surface area contributed by atoms with Gasteiger partial charge in [0.25, 0.3) is 0 Å². The standard InChI is InChI=1S/C15H22N4O4/c1-10-12(19(21)22)13(17(5)16-10)11-6-8-18(9-7-11)14(20)23-15(2,3)4/h6H,7-9H2,1-5H3. The van der Waals surface area contributed by atoms with Crippen LogP contribution in [0.5, 0.6) is 0 Å². The largest absolute Gasteiger partial charge is 0.444 e. The van der Waals surface area contributed by atoms with Gasteiger partial charge in [-0.1, -0.05) is 6.08 Å². The van der Waals surface area contributed by atoms with Crippen molar-refractivity contribution in [2.75, 3.05) is 13.1 Å². The van der Waals surface area contributed by atoms with Crippen molar-refractivity contribution in [2.45, 2.75) is 39.7 Å². The molecule has 0 unspecified atom stereocenters. The van der Waals surface area contributed by atoms with Crippen LogP contribution in [0.25, 0.3) is 5.57 Å². The summed E-state index contributed by atoms with van der Waals surface area (Å²) in [4.78, 5) is 24.5. The molecule has 0 spiro atoms. The first-order chi connectivity index (χ1) is 10.6. The molecular weight excluding hydrogens is 300 g/mol. The van der Waals surface area contributed by atoms with Crippen molar-refractivity contribution in [3.05, 3.63) is 27.6 Å². The van der Waals surface area contributed by atoms with Gasteiger partial charge >= 0.3 is 11.8 Å². The average molecular weight is 322 g/mol. The van der Waals surface area contributed by atoms with E-state index in [0.29, 0.717) is 30.9 Å². The van der Waals surface area contributed by atoms with Crippen molar-refractivity contribution in [3.63, 3.8) is 0 Å². The maximum Gasteiger partial charge on any atom is 0.410 e. The lowest BCUT2D eigenvalue weighted by molar-refractivity contribution is -0.385. The van der Waals surface area contributed by atoms with E-state index in [2.05, 4.69) is 5.10 Å². The number of carbonyl (C=O) groups excluding carboxylic acids is 1. The molecule has 0 atom stereocenters. The third-order valence-electron chi connectivity index (χ3n) is 3.54. The van der Waals surface area contributed by atoms with Gasteiger partial charge in [-0.2, -0.15) is 5.10 Å². The molecule has 23 heavy (non-hydrogen) atoms. The van der Waals surface area contributed by atoms with Crippen molar-refractivity contribution < 1.29 is 14.5 Å². The third-order valence-corrected chi connectivity index (χ3v) is 3.54. The zero-order valence-corrected chi connectivity index (χ0v) is 14.1. The fourth-order valence-electron chi connectivity index (χ4n) is 2.60. The fraction of sp³-hybridized carbons (Fsp3) is 0.600. The van der Waals surface area contributed by atoms with Crippen molar-refractivity contribution in [3.8, 4) is 0 Å². The van der Waals surface area contributed by atoms with Gasteiger partial charge in [0.05, 0.1) is 4.92 Å². The quantitative estimate of drug-likeness (QED) is 0.616. The highest BCUT2D eigenvalue weighted by Crippen LogP contribution is 2.32. The average Bonchev–Trinajstić information content (AvgIpc) is 2.71. The summed E-state index contributed by atoms with van der Waals surface area (Å²) in [7, 11) is 1.69. The van der Waals surface area contributed by atoms with Gasteiger partial charge in [-0.25, -0.2) is 4.79 Å². The van der Waals surface area contributed by atoms with E-state index in [9.17, 15) is 14.9 Å². The molecule has 0 radical (unpaired) electrons. The molecule has 1 amide bonds. The SMILES string of the molecule is Cc1nn(C)c(C2=CCN(C(=O)OC(C)(C)C)CC2)c1[N+](=O)[O-]. The number of ether oxygens (including phenoxy) is 1. The van der Waals surface area contributed by atoms with Gasteiger partial charge in [-0.3, -0.25) is 14.8 Å². The molecule has 2 heterocycles. The molecule has 8 heteroatoms. The highest BCUT2D eigenvalue weighted by atomic mass is 16.6. The predicted octanol–water partition coefficient (Wildman–Crippen LogP) is 2.66. The zero-order chi connectivity index (χ0) is 17.4. The molecule has 0 N–H and O–H groups in total. The van der Waals surface area contributed by atoms with Crippen LogP contribution in [-0.4, -0.2) is 44.4 Å². The van der Waals surface area contributed by atoms with Crippen LogP contribution in [0.1, 0.15) is 38.6 Å². The smallest absolute Gasteiger partial charge is 0.410 e. The predicted molar refractivity (Wildman–Crippen MR) is 85.0 cm³/mol. The summed E-state index contributed by atoms with van der Waals surface area (Å²) >= 11 is 0. The lowest BCUT2D eigenvalue weighted by atomic mass is 10.0. The molecule has 8 nitrogen and oxygen atoms in total. The molecule has 0 saturated heterocycles. The van der Waals surface area contributed by atoms with Crippen molar-refractivity contribution in [2.24, 2.45) is 7.05 Å². The number of carbonyl (C=O) groups is 1. The van der Waals surface area contributed by atoms with Crippen molar-refractivity contribution >= 4 is 17.4 Å². The molecule has 0 bridgehead atoms. The topological polar surface area (TPSA) is 90.5 Å². The number of amides is 1. The second kappa shape index (κ2) is 6.02. The molecule has 0 fully saturated rings. The first-order valence-corrected chi connectivity index (χ1v) is 7.45. The van der Waals surface area contributed by atoms with E-state index in [4.69, 9.17) is 4.74 Å². The van der Waals surface area contributed by atoms with Crippen LogP contribution < -0.4 is 0 Å². The van der Waals surface area contributed by atoms with Crippen LogP contribution in [-0.2, 0) is 11.8 Å². The van der Waals surface area contributed by atoms with E-state index in [0.717, 1.165) is 5.57 Å². The summed E-state index contributed by atoms with van der Waals surface area (Å²) in [5, 5.41) is 15.4. The Labute approximate surface area is 134 Å². The van der Waals surface area contributed by atoms with Gasteiger partial charge in [-0.15, -0.1) is 0 Å². The summed E-state index contributed by atoms with van der Waals surface area (Å²) in [5.74, 6) is 0. The van der Waals surface area contributed by atoms with Gasteiger partial charge < -0.3 is 9.64 Å². The van der Waals surface area contributed by atoms with E-state index in [1.807, 2.05) is 26.8 Å². The number of aromatic nitrogens is 2. The second-order valence-corrected chi connectivity index (χ2v) is 6.57. The fourth-order valence-corrected chi connectivity index (χ4v) is 2.60. The molecule has 1 aromatic heterocycles. The molecular formula is C15H22N4O4. The second-order valence-electron chi connectivity index (χ2n) is 6.57. The molecule has 1 aliphatic heterocycles. The van der Waals surface area contributed by atoms with Crippen LogP contribution in [0.3, 0.4) is 0 Å². The zero-order valence-electron chi connectivity index (χ0n) is 14.1. The normalized spacial score (nSPS) is 15.3. The molecule has 1 aromatic rings. The number of nitro groups is 1. The highest BCUT2D eigenvalue weighted by Gasteiger charge is 2.30. The van der Waals surface area contributed by atoms with Crippen molar-refractivity contribution in [1.29, 1.82) is 0 Å². The minimum absolute atomic E-state index is 0.0319. The first-order valence-electron chi connectivity index (χ1n) is 7.45. The van der Waals surface area contributed by atoms with E-state index in [-0.39, 0.29) is 11.8 Å². The number of hydrogen-bond donors (Lipinski definition) is 0. The van der Waals surface area contributed by atoms with Gasteiger partial charge in [-0.05, 0) is 39.7 Å². The maximum absolute atomic E-state index is 12.1. The summed E-state index contributed by atoms with van der Waals surface area (Å²) < 4.78 is 6.87. The Hall–Kier alpha value is -2.38. The highest BCUT2D eigenvalue weighted by molar-refractivity contribution is 5.75. The van der Waals surface area contributed by atoms with Crippen LogP contribution in [0.2, 0.25) is 0 Å². The van der Waals surface area contributed by atoms with Crippen LogP contribution in [0.4, 0.5) is 10.5 Å². The number of nitrogens with zero attached hydrogens (tertiary/aromatic N) is 4. The van der Waals surface area contributed by atoms with Crippen molar-refractivity contribution in [1.82, 2.24) is 14.7 Å². The molecule has 126 valence electrons. The number of aryl methyl sites for hydroxylation is 2. The van der Waals surface area contributed by atoms with Crippen LogP contribution in [0, 0.1) is 17.0 Å². The van der Waals surface area contributed by atoms with Gasteiger partial charge in [0.1, 0.15) is 17.0 Å². The Morgan fingerprint density at radius 3 is 2.57 bits per heavy atom. The van der Waals surface area contributed by atoms with E-state index < -0.39 is 10.5 Å². The van der Waals surface area contributed by atoms with Crippen LogP contribution in [0.15, 0.2) is 6.08 Å². The number of hydrogen-bond acceptors (Lipinski definition) is 5. The molecule has 0 saturated carbocycles. The van der Waals surface area contributed by atoms with Gasteiger partial charge in [0.2, 0.25) is 0 Å².